The van der Waals surface area contributed by atoms with Crippen LogP contribution in [0.4, 0.5) is 15.9 Å². The molecule has 3 N–H and O–H groups in total. The predicted octanol–water partition coefficient (Wildman–Crippen LogP) is 3.95. The summed E-state index contributed by atoms with van der Waals surface area (Å²) in [5.41, 5.74) is 7.36. The number of hydrogen-bond donors (Lipinski definition) is 2. The van der Waals surface area contributed by atoms with Crippen LogP contribution in [0.1, 0.15) is 11.1 Å². The van der Waals surface area contributed by atoms with Crippen LogP contribution in [0, 0.1) is 28.5 Å². The van der Waals surface area contributed by atoms with Crippen molar-refractivity contribution in [3.8, 4) is 29.0 Å². The van der Waals surface area contributed by atoms with Gasteiger partial charge in [0.1, 0.15) is 40.1 Å². The molecule has 3 aromatic rings. The van der Waals surface area contributed by atoms with Crippen molar-refractivity contribution in [1.29, 1.82) is 10.5 Å². The van der Waals surface area contributed by atoms with Crippen LogP contribution < -0.4 is 15.8 Å². The third-order valence-corrected chi connectivity index (χ3v) is 5.24. The fourth-order valence-electron chi connectivity index (χ4n) is 2.81. The molecule has 0 atom stereocenters. The van der Waals surface area contributed by atoms with Crippen molar-refractivity contribution < 1.29 is 13.9 Å². The second-order valence-electron chi connectivity index (χ2n) is 6.22. The first kappa shape index (κ1) is 21.6. The number of anilines is 2. The molecule has 0 fully saturated rings. The summed E-state index contributed by atoms with van der Waals surface area (Å²) in [6.07, 6.45) is 0. The van der Waals surface area contributed by atoms with Crippen molar-refractivity contribution in [3.05, 3.63) is 65.5 Å². The summed E-state index contributed by atoms with van der Waals surface area (Å²) in [6, 6.07) is 16.2. The highest BCUT2D eigenvalue weighted by atomic mass is 32.2. The van der Waals surface area contributed by atoms with Gasteiger partial charge in [-0.15, -0.1) is 0 Å². The monoisotopic (exact) mass is 433 g/mol. The Balaban J connectivity index is 1.87. The van der Waals surface area contributed by atoms with Gasteiger partial charge in [-0.25, -0.2) is 9.37 Å². The Morgan fingerprint density at radius 3 is 2.35 bits per heavy atom. The molecule has 2 aromatic carbocycles. The van der Waals surface area contributed by atoms with E-state index in [-0.39, 0.29) is 39.2 Å². The van der Waals surface area contributed by atoms with Crippen molar-refractivity contribution in [2.45, 2.75) is 5.03 Å². The fourth-order valence-corrected chi connectivity index (χ4v) is 3.61. The molecule has 1 aromatic heterocycles. The first-order chi connectivity index (χ1) is 15.0. The molecule has 0 bridgehead atoms. The summed E-state index contributed by atoms with van der Waals surface area (Å²) >= 11 is 1.02. The van der Waals surface area contributed by atoms with Gasteiger partial charge in [0, 0.05) is 11.3 Å². The number of nitrogens with one attached hydrogen (secondary N) is 1. The van der Waals surface area contributed by atoms with Gasteiger partial charge in [0.2, 0.25) is 5.91 Å². The molecule has 0 aliphatic heterocycles. The number of benzene rings is 2. The number of aromatic nitrogens is 1. The molecule has 9 heteroatoms. The number of thioether (sulfide) groups is 1. The molecule has 31 heavy (non-hydrogen) atoms. The molecule has 154 valence electrons. The van der Waals surface area contributed by atoms with Crippen LogP contribution in [-0.4, -0.2) is 23.8 Å². The summed E-state index contributed by atoms with van der Waals surface area (Å²) in [5, 5.41) is 22.2. The van der Waals surface area contributed by atoms with Crippen LogP contribution in [0.15, 0.2) is 53.6 Å². The molecule has 1 amide bonds. The summed E-state index contributed by atoms with van der Waals surface area (Å²) in [6.45, 7) is 0. The maximum atomic E-state index is 13.3. The Morgan fingerprint density at radius 2 is 1.77 bits per heavy atom. The average molecular weight is 433 g/mol. The third-order valence-electron chi connectivity index (χ3n) is 4.26. The van der Waals surface area contributed by atoms with Crippen molar-refractivity contribution >= 4 is 29.2 Å². The van der Waals surface area contributed by atoms with E-state index in [4.69, 9.17) is 10.5 Å². The quantitative estimate of drug-likeness (QED) is 0.564. The second-order valence-corrected chi connectivity index (χ2v) is 7.19. The molecule has 0 unspecified atom stereocenters. The van der Waals surface area contributed by atoms with Crippen LogP contribution in [0.2, 0.25) is 0 Å². The summed E-state index contributed by atoms with van der Waals surface area (Å²) in [4.78, 5) is 16.5. The SMILES string of the molecule is COc1ccc(NC(=O)CSc2nc(N)c(C#N)c(-c3ccc(F)cc3)c2C#N)cc1. The van der Waals surface area contributed by atoms with E-state index in [0.717, 1.165) is 11.8 Å². The lowest BCUT2D eigenvalue weighted by Gasteiger charge is -2.13. The standard InChI is InChI=1S/C22H16FN5O2S/c1-30-16-8-6-15(7-9-16)27-19(29)12-31-22-18(11-25)20(17(10-24)21(26)28-22)13-2-4-14(23)5-3-13/h2-9H,12H2,1H3,(H2,26,28)(H,27,29). The topological polar surface area (TPSA) is 125 Å². The summed E-state index contributed by atoms with van der Waals surface area (Å²) in [5.74, 6) is -0.211. The number of nitrogen functional groups attached to an aromatic ring is 1. The van der Waals surface area contributed by atoms with Gasteiger partial charge in [-0.3, -0.25) is 4.79 Å². The lowest BCUT2D eigenvalue weighted by molar-refractivity contribution is -0.113. The predicted molar refractivity (Wildman–Crippen MR) is 116 cm³/mol. The molecule has 0 spiro atoms. The Kier molecular flexibility index (Phi) is 6.71. The second kappa shape index (κ2) is 9.61. The van der Waals surface area contributed by atoms with Crippen molar-refractivity contribution in [1.82, 2.24) is 4.98 Å². The van der Waals surface area contributed by atoms with Crippen molar-refractivity contribution in [2.75, 3.05) is 23.9 Å². The van der Waals surface area contributed by atoms with E-state index in [9.17, 15) is 19.7 Å². The highest BCUT2D eigenvalue weighted by Crippen LogP contribution is 2.35. The fraction of sp³-hybridized carbons (Fsp3) is 0.0909. The molecule has 3 rings (SSSR count). The molecule has 0 saturated carbocycles. The van der Waals surface area contributed by atoms with E-state index in [0.29, 0.717) is 17.0 Å². The van der Waals surface area contributed by atoms with Gasteiger partial charge in [-0.2, -0.15) is 10.5 Å². The number of nitrogens with zero attached hydrogens (tertiary/aromatic N) is 3. The van der Waals surface area contributed by atoms with Crippen LogP contribution in [-0.2, 0) is 4.79 Å². The maximum absolute atomic E-state index is 13.3. The number of carbonyl (C=O) groups is 1. The smallest absolute Gasteiger partial charge is 0.234 e. The van der Waals surface area contributed by atoms with Crippen LogP contribution >= 0.6 is 11.8 Å². The normalized spacial score (nSPS) is 10.1. The highest BCUT2D eigenvalue weighted by molar-refractivity contribution is 8.00. The number of hydrogen-bond acceptors (Lipinski definition) is 7. The van der Waals surface area contributed by atoms with Crippen LogP contribution in [0.25, 0.3) is 11.1 Å². The molecule has 0 aliphatic carbocycles. The van der Waals surface area contributed by atoms with Gasteiger partial charge < -0.3 is 15.8 Å². The van der Waals surface area contributed by atoms with Gasteiger partial charge >= 0.3 is 0 Å². The Morgan fingerprint density at radius 1 is 1.13 bits per heavy atom. The van der Waals surface area contributed by atoms with Gasteiger partial charge in [-0.1, -0.05) is 23.9 Å². The van der Waals surface area contributed by atoms with E-state index >= 15 is 0 Å². The van der Waals surface area contributed by atoms with Gasteiger partial charge in [0.25, 0.3) is 0 Å². The molecule has 0 radical (unpaired) electrons. The van der Waals surface area contributed by atoms with Gasteiger partial charge in [0.15, 0.2) is 0 Å². The molecular weight excluding hydrogens is 417 g/mol. The lowest BCUT2D eigenvalue weighted by Crippen LogP contribution is -2.14. The zero-order valence-corrected chi connectivity index (χ0v) is 17.2. The molecular formula is C22H16FN5O2S. The molecule has 7 nitrogen and oxygen atoms in total. The van der Waals surface area contributed by atoms with E-state index in [1.54, 1.807) is 31.4 Å². The summed E-state index contributed by atoms with van der Waals surface area (Å²) < 4.78 is 18.4. The molecule has 0 aliphatic rings. The lowest BCUT2D eigenvalue weighted by atomic mass is 9.97. The van der Waals surface area contributed by atoms with Gasteiger partial charge in [0.05, 0.1) is 18.4 Å². The number of methoxy groups -OCH3 is 1. The third kappa shape index (κ3) is 4.92. The Labute approximate surface area is 182 Å². The van der Waals surface area contributed by atoms with Crippen LogP contribution in [0.5, 0.6) is 5.75 Å². The number of ether oxygens (including phenoxy) is 1. The number of rotatable bonds is 6. The Bertz CT molecular complexity index is 1200. The molecule has 1 heterocycles. The maximum Gasteiger partial charge on any atom is 0.234 e. The number of nitrogens with two attached hydrogens (primary N) is 1. The first-order valence-corrected chi connectivity index (χ1v) is 9.91. The van der Waals surface area contributed by atoms with E-state index < -0.39 is 5.82 Å². The highest BCUT2D eigenvalue weighted by Gasteiger charge is 2.21. The minimum Gasteiger partial charge on any atom is -0.497 e. The number of carbonyl (C=O) groups excluding carboxylic acids is 1. The van der Waals surface area contributed by atoms with Crippen LogP contribution in [0.3, 0.4) is 0 Å². The summed E-state index contributed by atoms with van der Waals surface area (Å²) in [7, 11) is 1.55. The number of nitriles is 2. The minimum absolute atomic E-state index is 0.0233. The van der Waals surface area contributed by atoms with E-state index in [2.05, 4.69) is 10.3 Å². The zero-order chi connectivity index (χ0) is 22.4. The van der Waals surface area contributed by atoms with E-state index in [1.807, 2.05) is 12.1 Å². The number of halogens is 1. The first-order valence-electron chi connectivity index (χ1n) is 8.93. The minimum atomic E-state index is -0.451. The zero-order valence-electron chi connectivity index (χ0n) is 16.3. The van der Waals surface area contributed by atoms with E-state index in [1.165, 1.54) is 24.3 Å². The molecule has 0 saturated heterocycles. The number of amides is 1. The average Bonchev–Trinajstić information content (AvgIpc) is 2.78. The Hall–Kier alpha value is -4.08. The van der Waals surface area contributed by atoms with Crippen molar-refractivity contribution in [2.24, 2.45) is 0 Å². The van der Waals surface area contributed by atoms with Crippen molar-refractivity contribution in [3.63, 3.8) is 0 Å². The number of pyridine rings is 1. The van der Waals surface area contributed by atoms with Gasteiger partial charge in [-0.05, 0) is 42.0 Å². The largest absolute Gasteiger partial charge is 0.497 e.